The second kappa shape index (κ2) is 10.2. The minimum Gasteiger partial charge on any atom is -0.0799 e. The molecular formula is C45H38. The Kier molecular flexibility index (Phi) is 6.04. The molecule has 0 fully saturated rings. The van der Waals surface area contributed by atoms with Crippen molar-refractivity contribution in [1.82, 2.24) is 0 Å². The van der Waals surface area contributed by atoms with E-state index in [9.17, 15) is 0 Å². The van der Waals surface area contributed by atoms with Crippen molar-refractivity contribution in [3.05, 3.63) is 180 Å². The number of benzene rings is 4. The van der Waals surface area contributed by atoms with Crippen molar-refractivity contribution in [3.63, 3.8) is 0 Å². The maximum atomic E-state index is 2.56. The Labute approximate surface area is 267 Å². The fraction of sp³-hybridized carbons (Fsp3) is 0.200. The molecule has 0 amide bonds. The largest absolute Gasteiger partial charge is 0.0799 e. The Bertz CT molecular complexity index is 2050. The van der Waals surface area contributed by atoms with Gasteiger partial charge in [0.25, 0.3) is 0 Å². The fourth-order valence-electron chi connectivity index (χ4n) is 8.92. The minimum atomic E-state index is 0.0457. The Morgan fingerprint density at radius 2 is 1.22 bits per heavy atom. The van der Waals surface area contributed by atoms with Gasteiger partial charge in [-0.15, -0.1) is 0 Å². The van der Waals surface area contributed by atoms with E-state index in [4.69, 9.17) is 0 Å². The van der Waals surface area contributed by atoms with Crippen LogP contribution in [0.2, 0.25) is 0 Å². The molecule has 0 heterocycles. The van der Waals surface area contributed by atoms with Crippen LogP contribution in [0.1, 0.15) is 42.0 Å². The van der Waals surface area contributed by atoms with Gasteiger partial charge < -0.3 is 0 Å². The molecule has 0 saturated heterocycles. The summed E-state index contributed by atoms with van der Waals surface area (Å²) < 4.78 is 0. The molecule has 5 aliphatic carbocycles. The third kappa shape index (κ3) is 4.26. The first-order chi connectivity index (χ1) is 22.0. The van der Waals surface area contributed by atoms with Crippen LogP contribution in [0.15, 0.2) is 158 Å². The zero-order valence-corrected chi connectivity index (χ0v) is 26.0. The number of allylic oxidation sites excluding steroid dienone is 14. The second-order valence-electron chi connectivity index (χ2n) is 14.1. The normalized spacial score (nSPS) is 28.2. The molecule has 0 radical (unpaired) electrons. The summed E-state index contributed by atoms with van der Waals surface area (Å²) >= 11 is 0. The number of hydrogen-bond donors (Lipinski definition) is 0. The van der Waals surface area contributed by atoms with Crippen LogP contribution in [0.4, 0.5) is 0 Å². The van der Waals surface area contributed by atoms with E-state index in [2.05, 4.69) is 172 Å². The maximum Gasteiger partial charge on any atom is 0.00957 e. The Balaban J connectivity index is 1.01. The smallest absolute Gasteiger partial charge is 0.00957 e. The van der Waals surface area contributed by atoms with Crippen molar-refractivity contribution in [3.8, 4) is 11.1 Å². The molecule has 9 rings (SSSR count). The molecule has 6 atom stereocenters. The molecule has 0 aromatic heterocycles. The van der Waals surface area contributed by atoms with E-state index >= 15 is 0 Å². The van der Waals surface area contributed by atoms with E-state index in [0.29, 0.717) is 35.5 Å². The fourth-order valence-corrected chi connectivity index (χ4v) is 8.92. The van der Waals surface area contributed by atoms with Gasteiger partial charge in [-0.1, -0.05) is 166 Å². The van der Waals surface area contributed by atoms with E-state index < -0.39 is 0 Å². The molecule has 0 saturated carbocycles. The van der Waals surface area contributed by atoms with E-state index in [-0.39, 0.29) is 5.41 Å². The molecule has 45 heavy (non-hydrogen) atoms. The topological polar surface area (TPSA) is 0 Å². The first-order valence-corrected chi connectivity index (χ1v) is 16.6. The predicted molar refractivity (Wildman–Crippen MR) is 191 cm³/mol. The molecule has 5 aliphatic rings. The molecule has 4 aromatic carbocycles. The van der Waals surface area contributed by atoms with Crippen LogP contribution < -0.4 is 0 Å². The Morgan fingerprint density at radius 3 is 2.09 bits per heavy atom. The van der Waals surface area contributed by atoms with Gasteiger partial charge in [-0.25, -0.2) is 0 Å². The summed E-state index contributed by atoms with van der Waals surface area (Å²) in [5, 5.41) is 2.59. The Hall–Kier alpha value is -4.68. The number of hydrogen-bond acceptors (Lipinski definition) is 0. The van der Waals surface area contributed by atoms with Gasteiger partial charge >= 0.3 is 0 Å². The summed E-state index contributed by atoms with van der Waals surface area (Å²) in [7, 11) is 0. The summed E-state index contributed by atoms with van der Waals surface area (Å²) in [6, 6.07) is 32.1. The molecule has 6 unspecified atom stereocenters. The van der Waals surface area contributed by atoms with Crippen LogP contribution in [0, 0.1) is 29.6 Å². The maximum absolute atomic E-state index is 2.56. The van der Waals surface area contributed by atoms with Gasteiger partial charge in [-0.3, -0.25) is 0 Å². The molecule has 0 nitrogen and oxygen atoms in total. The molecule has 0 aliphatic heterocycles. The Morgan fingerprint density at radius 1 is 0.533 bits per heavy atom. The van der Waals surface area contributed by atoms with Gasteiger partial charge in [0.05, 0.1) is 0 Å². The van der Waals surface area contributed by atoms with Crippen molar-refractivity contribution in [2.24, 2.45) is 29.6 Å². The molecule has 0 heteroatoms. The third-order valence-electron chi connectivity index (χ3n) is 11.4. The monoisotopic (exact) mass is 578 g/mol. The molecule has 218 valence electrons. The van der Waals surface area contributed by atoms with E-state index in [1.54, 1.807) is 0 Å². The van der Waals surface area contributed by atoms with Crippen LogP contribution >= 0.6 is 0 Å². The average molecular weight is 579 g/mol. The van der Waals surface area contributed by atoms with Crippen LogP contribution in [0.25, 0.3) is 33.0 Å². The summed E-state index contributed by atoms with van der Waals surface area (Å²) in [6.07, 6.45) is 28.4. The number of fused-ring (bicyclic) bond motifs is 7. The predicted octanol–water partition coefficient (Wildman–Crippen LogP) is 11.3. The second-order valence-corrected chi connectivity index (χ2v) is 14.1. The SMILES string of the molecule is CC1(C)c2cc(-c3ccc4ccccc4c3)ccc2C2C=CC(c3ccc(C4=CC5C=CC=CC5C5C=CC=CC45)cc3)=CC21. The molecule has 0 spiro atoms. The highest BCUT2D eigenvalue weighted by molar-refractivity contribution is 5.87. The molecule has 4 aromatic rings. The highest BCUT2D eigenvalue weighted by Crippen LogP contribution is 2.55. The standard InChI is InChI=1S/C45H38/c1-45(2)43-27-34(21-23-40(43)41-24-22-35(28-44(41)45)33-20-17-29-9-3-4-10-32(29)25-33)30-15-18-31(19-16-30)42-26-36-11-5-6-12-37(36)38-13-7-8-14-39(38)42/h3-28,36-40,43H,1-2H3. The number of rotatable bonds is 3. The van der Waals surface area contributed by atoms with Gasteiger partial charge in [-0.05, 0) is 84.5 Å². The van der Waals surface area contributed by atoms with Crippen LogP contribution in [0.5, 0.6) is 0 Å². The van der Waals surface area contributed by atoms with Gasteiger partial charge in [0.15, 0.2) is 0 Å². The molecule has 0 bridgehead atoms. The van der Waals surface area contributed by atoms with Crippen molar-refractivity contribution in [2.45, 2.75) is 25.2 Å². The van der Waals surface area contributed by atoms with E-state index in [0.717, 1.165) is 0 Å². The molecular weight excluding hydrogens is 540 g/mol. The van der Waals surface area contributed by atoms with Gasteiger partial charge in [0.1, 0.15) is 0 Å². The highest BCUT2D eigenvalue weighted by atomic mass is 14.5. The van der Waals surface area contributed by atoms with E-state index in [1.165, 1.54) is 55.3 Å². The van der Waals surface area contributed by atoms with Crippen molar-refractivity contribution in [2.75, 3.05) is 0 Å². The first-order valence-electron chi connectivity index (χ1n) is 16.6. The lowest BCUT2D eigenvalue weighted by Crippen LogP contribution is -2.31. The zero-order chi connectivity index (χ0) is 30.1. The van der Waals surface area contributed by atoms with Crippen molar-refractivity contribution >= 4 is 21.9 Å². The summed E-state index contributed by atoms with van der Waals surface area (Å²) in [6.45, 7) is 4.88. The van der Waals surface area contributed by atoms with Crippen molar-refractivity contribution < 1.29 is 0 Å². The van der Waals surface area contributed by atoms with E-state index in [1.807, 2.05) is 0 Å². The van der Waals surface area contributed by atoms with Crippen LogP contribution in [-0.2, 0) is 5.41 Å². The average Bonchev–Trinajstić information content (AvgIpc) is 3.33. The highest BCUT2D eigenvalue weighted by Gasteiger charge is 2.45. The summed E-state index contributed by atoms with van der Waals surface area (Å²) in [5.41, 5.74) is 11.1. The van der Waals surface area contributed by atoms with Crippen LogP contribution in [-0.4, -0.2) is 0 Å². The minimum absolute atomic E-state index is 0.0457. The van der Waals surface area contributed by atoms with Crippen LogP contribution in [0.3, 0.4) is 0 Å². The van der Waals surface area contributed by atoms with Gasteiger partial charge in [0, 0.05) is 17.8 Å². The summed E-state index contributed by atoms with van der Waals surface area (Å²) in [4.78, 5) is 0. The molecule has 0 N–H and O–H groups in total. The lowest BCUT2D eigenvalue weighted by Gasteiger charge is -2.40. The lowest BCUT2D eigenvalue weighted by molar-refractivity contribution is 0.357. The summed E-state index contributed by atoms with van der Waals surface area (Å²) in [5.74, 6) is 2.83. The van der Waals surface area contributed by atoms with Gasteiger partial charge in [-0.2, -0.15) is 0 Å². The first kappa shape index (κ1) is 26.7. The third-order valence-corrected chi connectivity index (χ3v) is 11.4. The zero-order valence-electron chi connectivity index (χ0n) is 26.0. The quantitative estimate of drug-likeness (QED) is 0.227. The van der Waals surface area contributed by atoms with Gasteiger partial charge in [0.2, 0.25) is 0 Å². The lowest BCUT2D eigenvalue weighted by atomic mass is 9.63. The van der Waals surface area contributed by atoms with Crippen molar-refractivity contribution in [1.29, 1.82) is 0 Å².